The van der Waals surface area contributed by atoms with Crippen LogP contribution >= 0.6 is 0 Å². The molecular formula is C11H13FN4O. The highest BCUT2D eigenvalue weighted by atomic mass is 19.1. The van der Waals surface area contributed by atoms with Gasteiger partial charge in [0.1, 0.15) is 18.0 Å². The summed E-state index contributed by atoms with van der Waals surface area (Å²) in [6.45, 7) is 1.60. The van der Waals surface area contributed by atoms with Crippen LogP contribution in [-0.2, 0) is 19.1 Å². The zero-order valence-corrected chi connectivity index (χ0v) is 9.63. The van der Waals surface area contributed by atoms with E-state index in [9.17, 15) is 9.50 Å². The predicted molar refractivity (Wildman–Crippen MR) is 58.5 cm³/mol. The molecule has 0 saturated heterocycles. The van der Waals surface area contributed by atoms with Gasteiger partial charge in [-0.25, -0.2) is 9.37 Å². The van der Waals surface area contributed by atoms with E-state index in [4.69, 9.17) is 0 Å². The number of hydrogen-bond donors (Lipinski definition) is 1. The van der Waals surface area contributed by atoms with E-state index in [0.29, 0.717) is 11.4 Å². The van der Waals surface area contributed by atoms with Crippen LogP contribution in [0.5, 0.6) is 0 Å². The van der Waals surface area contributed by atoms with Crippen molar-refractivity contribution < 1.29 is 9.50 Å². The van der Waals surface area contributed by atoms with Gasteiger partial charge in [0.2, 0.25) is 0 Å². The highest BCUT2D eigenvalue weighted by molar-refractivity contribution is 5.19. The molecule has 0 amide bonds. The zero-order valence-electron chi connectivity index (χ0n) is 9.63. The van der Waals surface area contributed by atoms with Crippen LogP contribution in [0.2, 0.25) is 0 Å². The minimum atomic E-state index is -1.23. The van der Waals surface area contributed by atoms with E-state index in [1.165, 1.54) is 18.6 Å². The maximum absolute atomic E-state index is 13.0. The second kappa shape index (κ2) is 4.21. The molecule has 1 unspecified atom stereocenters. The maximum atomic E-state index is 13.0. The number of pyridine rings is 1. The Hall–Kier alpha value is -1.82. The van der Waals surface area contributed by atoms with Crippen LogP contribution in [-0.4, -0.2) is 24.9 Å². The van der Waals surface area contributed by atoms with E-state index in [1.54, 1.807) is 18.7 Å². The number of hydrogen-bond acceptors (Lipinski definition) is 4. The van der Waals surface area contributed by atoms with Crippen molar-refractivity contribution in [3.8, 4) is 0 Å². The van der Waals surface area contributed by atoms with Gasteiger partial charge in [0.15, 0.2) is 0 Å². The largest absolute Gasteiger partial charge is 0.385 e. The lowest BCUT2D eigenvalue weighted by Crippen LogP contribution is -2.26. The molecule has 2 rings (SSSR count). The first-order valence-electron chi connectivity index (χ1n) is 5.15. The molecule has 0 spiro atoms. The van der Waals surface area contributed by atoms with Crippen LogP contribution in [0.15, 0.2) is 24.8 Å². The summed E-state index contributed by atoms with van der Waals surface area (Å²) in [4.78, 5) is 7.75. The highest BCUT2D eigenvalue weighted by Crippen LogP contribution is 2.24. The third kappa shape index (κ3) is 2.47. The van der Waals surface area contributed by atoms with Gasteiger partial charge in [0.05, 0.1) is 11.8 Å². The van der Waals surface area contributed by atoms with Crippen LogP contribution in [0.25, 0.3) is 0 Å². The first-order chi connectivity index (χ1) is 7.99. The molecule has 0 aromatic carbocycles. The molecule has 90 valence electrons. The molecule has 2 aromatic heterocycles. The van der Waals surface area contributed by atoms with Gasteiger partial charge in [-0.15, -0.1) is 0 Å². The van der Waals surface area contributed by atoms with Crippen molar-refractivity contribution >= 4 is 0 Å². The van der Waals surface area contributed by atoms with E-state index in [0.717, 1.165) is 6.20 Å². The molecule has 0 aliphatic carbocycles. The van der Waals surface area contributed by atoms with Gasteiger partial charge >= 0.3 is 0 Å². The van der Waals surface area contributed by atoms with Gasteiger partial charge in [0, 0.05) is 25.2 Å². The van der Waals surface area contributed by atoms with Crippen molar-refractivity contribution in [3.05, 3.63) is 42.0 Å². The summed E-state index contributed by atoms with van der Waals surface area (Å²) in [5, 5.41) is 14.2. The first-order valence-corrected chi connectivity index (χ1v) is 5.15. The van der Waals surface area contributed by atoms with Gasteiger partial charge in [-0.2, -0.15) is 5.10 Å². The molecule has 1 atom stereocenters. The van der Waals surface area contributed by atoms with Crippen molar-refractivity contribution in [3.63, 3.8) is 0 Å². The average Bonchev–Trinajstić information content (AvgIpc) is 2.64. The van der Waals surface area contributed by atoms with Crippen LogP contribution < -0.4 is 0 Å². The molecule has 2 aromatic rings. The average molecular weight is 236 g/mol. The Bertz CT molecular complexity index is 524. The molecule has 1 N–H and O–H groups in total. The third-order valence-corrected chi connectivity index (χ3v) is 2.63. The first kappa shape index (κ1) is 11.7. The summed E-state index contributed by atoms with van der Waals surface area (Å²) in [5.74, 6) is 0.153. The molecule has 6 heteroatoms. The summed E-state index contributed by atoms with van der Waals surface area (Å²) in [7, 11) is 1.74. The van der Waals surface area contributed by atoms with Crippen LogP contribution in [0.1, 0.15) is 18.3 Å². The molecule has 0 radical (unpaired) electrons. The van der Waals surface area contributed by atoms with E-state index in [2.05, 4.69) is 15.1 Å². The quantitative estimate of drug-likeness (QED) is 0.856. The maximum Gasteiger partial charge on any atom is 0.141 e. The Morgan fingerprint density at radius 3 is 2.82 bits per heavy atom. The van der Waals surface area contributed by atoms with Gasteiger partial charge in [0.25, 0.3) is 0 Å². The van der Waals surface area contributed by atoms with E-state index < -0.39 is 11.4 Å². The van der Waals surface area contributed by atoms with E-state index in [-0.39, 0.29) is 6.42 Å². The Morgan fingerprint density at radius 1 is 1.47 bits per heavy atom. The van der Waals surface area contributed by atoms with Gasteiger partial charge in [-0.05, 0) is 13.0 Å². The Balaban J connectivity index is 2.27. The number of aryl methyl sites for hydroxylation is 1. The van der Waals surface area contributed by atoms with Crippen LogP contribution in [0.3, 0.4) is 0 Å². The predicted octanol–water partition coefficient (Wildman–Crippen LogP) is 0.799. The lowest BCUT2D eigenvalue weighted by molar-refractivity contribution is 0.0538. The minimum Gasteiger partial charge on any atom is -0.385 e. The van der Waals surface area contributed by atoms with E-state index in [1.807, 2.05) is 0 Å². The Morgan fingerprint density at radius 2 is 2.24 bits per heavy atom. The van der Waals surface area contributed by atoms with Crippen molar-refractivity contribution in [1.82, 2.24) is 19.7 Å². The third-order valence-electron chi connectivity index (χ3n) is 2.63. The number of rotatable bonds is 3. The lowest BCUT2D eigenvalue weighted by Gasteiger charge is -2.22. The van der Waals surface area contributed by atoms with Crippen LogP contribution in [0, 0.1) is 5.82 Å². The number of nitrogens with zero attached hydrogens (tertiary/aromatic N) is 4. The second-order valence-corrected chi connectivity index (χ2v) is 4.14. The summed E-state index contributed by atoms with van der Waals surface area (Å²) in [6, 6.07) is 1.27. The fourth-order valence-electron chi connectivity index (χ4n) is 1.60. The molecule has 0 saturated carbocycles. The number of halogens is 1. The fourth-order valence-corrected chi connectivity index (χ4v) is 1.60. The molecule has 17 heavy (non-hydrogen) atoms. The van der Waals surface area contributed by atoms with Crippen LogP contribution in [0.4, 0.5) is 4.39 Å². The minimum absolute atomic E-state index is 0.245. The summed E-state index contributed by atoms with van der Waals surface area (Å²) in [5.41, 5.74) is -0.809. The van der Waals surface area contributed by atoms with Crippen molar-refractivity contribution in [1.29, 1.82) is 0 Å². The molecule has 0 aliphatic heterocycles. The number of aliphatic hydroxyl groups is 1. The van der Waals surface area contributed by atoms with E-state index >= 15 is 0 Å². The monoisotopic (exact) mass is 236 g/mol. The molecule has 5 nitrogen and oxygen atoms in total. The zero-order chi connectivity index (χ0) is 12.5. The Labute approximate surface area is 98.0 Å². The summed E-state index contributed by atoms with van der Waals surface area (Å²) >= 11 is 0. The fraction of sp³-hybridized carbons (Fsp3) is 0.364. The normalized spacial score (nSPS) is 14.6. The van der Waals surface area contributed by atoms with Crippen molar-refractivity contribution in [2.75, 3.05) is 0 Å². The highest BCUT2D eigenvalue weighted by Gasteiger charge is 2.26. The van der Waals surface area contributed by atoms with Crippen molar-refractivity contribution in [2.24, 2.45) is 7.05 Å². The van der Waals surface area contributed by atoms with Crippen molar-refractivity contribution in [2.45, 2.75) is 18.9 Å². The Kier molecular flexibility index (Phi) is 2.89. The van der Waals surface area contributed by atoms with Gasteiger partial charge in [-0.3, -0.25) is 9.67 Å². The summed E-state index contributed by atoms with van der Waals surface area (Å²) in [6.07, 6.45) is 4.20. The summed E-state index contributed by atoms with van der Waals surface area (Å²) < 4.78 is 14.6. The van der Waals surface area contributed by atoms with Gasteiger partial charge in [-0.1, -0.05) is 0 Å². The molecular weight excluding hydrogens is 223 g/mol. The molecule has 0 aliphatic rings. The second-order valence-electron chi connectivity index (χ2n) is 4.14. The SMILES string of the molecule is Cn1ncnc1CC(C)(O)c1cncc(F)c1. The molecule has 0 bridgehead atoms. The lowest BCUT2D eigenvalue weighted by atomic mass is 9.93. The topological polar surface area (TPSA) is 63.8 Å². The smallest absolute Gasteiger partial charge is 0.141 e. The number of aromatic nitrogens is 4. The molecule has 0 fully saturated rings. The molecule has 2 heterocycles. The van der Waals surface area contributed by atoms with Gasteiger partial charge < -0.3 is 5.11 Å². The standard InChI is InChI=1S/C11H13FN4O/c1-11(17,4-10-14-7-15-16(10)2)8-3-9(12)6-13-5-8/h3,5-7,17H,4H2,1-2H3.